The third-order valence-electron chi connectivity index (χ3n) is 3.20. The minimum atomic E-state index is -0.307. The third-order valence-corrected chi connectivity index (χ3v) is 3.93. The van der Waals surface area contributed by atoms with Crippen LogP contribution < -0.4 is 0 Å². The molecule has 0 radical (unpaired) electrons. The number of rotatable bonds is 1. The lowest BCUT2D eigenvalue weighted by atomic mass is 9.64. The summed E-state index contributed by atoms with van der Waals surface area (Å²) >= 11 is 11.9. The summed E-state index contributed by atoms with van der Waals surface area (Å²) in [5.74, 6) is 0. The highest BCUT2D eigenvalue weighted by molar-refractivity contribution is 6.42. The molecule has 0 spiro atoms. The maximum atomic E-state index is 9.25. The molecule has 0 aliphatic heterocycles. The second kappa shape index (κ2) is 3.70. The van der Waals surface area contributed by atoms with E-state index in [9.17, 15) is 5.26 Å². The first kappa shape index (κ1) is 10.8. The van der Waals surface area contributed by atoms with Crippen molar-refractivity contribution in [2.24, 2.45) is 0 Å². The first-order valence-electron chi connectivity index (χ1n) is 4.96. The molecule has 1 saturated carbocycles. The van der Waals surface area contributed by atoms with Gasteiger partial charge < -0.3 is 0 Å². The highest BCUT2D eigenvalue weighted by atomic mass is 35.5. The molecule has 2 rings (SSSR count). The van der Waals surface area contributed by atoms with Gasteiger partial charge in [0, 0.05) is 0 Å². The Hall–Kier alpha value is -0.710. The van der Waals surface area contributed by atoms with Crippen molar-refractivity contribution in [3.63, 3.8) is 0 Å². The van der Waals surface area contributed by atoms with Crippen LogP contribution in [0.3, 0.4) is 0 Å². The molecule has 1 aromatic carbocycles. The van der Waals surface area contributed by atoms with Crippen LogP contribution in [0.25, 0.3) is 0 Å². The maximum Gasteiger partial charge on any atom is 0.0825 e. The summed E-state index contributed by atoms with van der Waals surface area (Å²) in [4.78, 5) is 0. The van der Waals surface area contributed by atoms with Crippen LogP contribution >= 0.6 is 23.2 Å². The molecule has 3 heteroatoms. The fourth-order valence-corrected chi connectivity index (χ4v) is 2.52. The molecule has 0 bridgehead atoms. The van der Waals surface area contributed by atoms with Gasteiger partial charge in [-0.2, -0.15) is 5.26 Å². The summed E-state index contributed by atoms with van der Waals surface area (Å²) in [6.07, 6.45) is 2.98. The predicted octanol–water partition coefficient (Wildman–Crippen LogP) is 4.25. The first-order chi connectivity index (χ1) is 7.09. The van der Waals surface area contributed by atoms with Crippen molar-refractivity contribution >= 4 is 23.2 Å². The van der Waals surface area contributed by atoms with Crippen molar-refractivity contribution in [2.75, 3.05) is 0 Å². The van der Waals surface area contributed by atoms with Gasteiger partial charge in [0.2, 0.25) is 0 Å². The van der Waals surface area contributed by atoms with Crippen LogP contribution in [0.1, 0.15) is 30.4 Å². The van der Waals surface area contributed by atoms with Crippen LogP contribution in [0, 0.1) is 18.3 Å². The summed E-state index contributed by atoms with van der Waals surface area (Å²) in [5.41, 5.74) is 1.80. The first-order valence-corrected chi connectivity index (χ1v) is 5.72. The number of benzene rings is 1. The molecule has 0 atom stereocenters. The van der Waals surface area contributed by atoms with E-state index < -0.39 is 0 Å². The Morgan fingerprint density at radius 3 is 2.33 bits per heavy atom. The molecule has 1 aliphatic rings. The van der Waals surface area contributed by atoms with E-state index in [-0.39, 0.29) is 5.41 Å². The molecule has 0 unspecified atom stereocenters. The van der Waals surface area contributed by atoms with Gasteiger partial charge in [-0.25, -0.2) is 0 Å². The van der Waals surface area contributed by atoms with Crippen molar-refractivity contribution in [3.05, 3.63) is 33.3 Å². The molecule has 0 aromatic heterocycles. The molecule has 0 heterocycles. The van der Waals surface area contributed by atoms with Gasteiger partial charge in [-0.05, 0) is 49.4 Å². The van der Waals surface area contributed by atoms with E-state index in [1.165, 1.54) is 0 Å². The molecule has 15 heavy (non-hydrogen) atoms. The van der Waals surface area contributed by atoms with Gasteiger partial charge in [0.25, 0.3) is 0 Å². The van der Waals surface area contributed by atoms with E-state index in [0.717, 1.165) is 30.4 Å². The van der Waals surface area contributed by atoms with Gasteiger partial charge in [-0.1, -0.05) is 23.2 Å². The van der Waals surface area contributed by atoms with Gasteiger partial charge in [0.1, 0.15) is 0 Å². The molecule has 1 aliphatic carbocycles. The van der Waals surface area contributed by atoms with Gasteiger partial charge in [0.15, 0.2) is 0 Å². The van der Waals surface area contributed by atoms with Crippen molar-refractivity contribution in [1.82, 2.24) is 0 Å². The average Bonchev–Trinajstić information content (AvgIpc) is 2.12. The quantitative estimate of drug-likeness (QED) is 0.719. The molecule has 0 amide bonds. The number of nitriles is 1. The molecule has 0 N–H and O–H groups in total. The lowest BCUT2D eigenvalue weighted by molar-refractivity contribution is 0.323. The number of hydrogen-bond donors (Lipinski definition) is 0. The largest absolute Gasteiger partial charge is 0.197 e. The van der Waals surface area contributed by atoms with E-state index >= 15 is 0 Å². The van der Waals surface area contributed by atoms with Crippen molar-refractivity contribution in [3.8, 4) is 6.07 Å². The van der Waals surface area contributed by atoms with Crippen molar-refractivity contribution in [2.45, 2.75) is 31.6 Å². The van der Waals surface area contributed by atoms with Crippen molar-refractivity contribution < 1.29 is 0 Å². The topological polar surface area (TPSA) is 23.8 Å². The summed E-state index contributed by atoms with van der Waals surface area (Å²) in [6.45, 7) is 1.98. The second-order valence-electron chi connectivity index (χ2n) is 4.13. The van der Waals surface area contributed by atoms with E-state index in [4.69, 9.17) is 23.2 Å². The number of nitrogens with zero attached hydrogens (tertiary/aromatic N) is 1. The van der Waals surface area contributed by atoms with Gasteiger partial charge in [-0.3, -0.25) is 0 Å². The van der Waals surface area contributed by atoms with Gasteiger partial charge in [-0.15, -0.1) is 0 Å². The zero-order valence-corrected chi connectivity index (χ0v) is 9.99. The SMILES string of the molecule is Cc1cc(Cl)c(Cl)cc1C1(C#N)CCC1. The molecule has 0 saturated heterocycles. The minimum Gasteiger partial charge on any atom is -0.197 e. The summed E-state index contributed by atoms with van der Waals surface area (Å²) < 4.78 is 0. The van der Waals surface area contributed by atoms with Gasteiger partial charge in [0.05, 0.1) is 21.5 Å². The highest BCUT2D eigenvalue weighted by Gasteiger charge is 2.40. The standard InChI is InChI=1S/C12H11Cl2N/c1-8-5-10(13)11(14)6-9(8)12(7-15)3-2-4-12/h5-6H,2-4H2,1H3. The Morgan fingerprint density at radius 1 is 1.27 bits per heavy atom. The molecular weight excluding hydrogens is 229 g/mol. The molecule has 1 nitrogen and oxygen atoms in total. The monoisotopic (exact) mass is 239 g/mol. The summed E-state index contributed by atoms with van der Waals surface area (Å²) in [7, 11) is 0. The number of halogens is 2. The van der Waals surface area contributed by atoms with Crippen LogP contribution in [-0.4, -0.2) is 0 Å². The molecule has 78 valence electrons. The fraction of sp³-hybridized carbons (Fsp3) is 0.417. The van der Waals surface area contributed by atoms with E-state index in [1.54, 1.807) is 0 Å². The normalized spacial score (nSPS) is 18.0. The lowest BCUT2D eigenvalue weighted by Gasteiger charge is -2.36. The lowest BCUT2D eigenvalue weighted by Crippen LogP contribution is -2.33. The Balaban J connectivity index is 2.54. The zero-order chi connectivity index (χ0) is 11.1. The number of aryl methyl sites for hydroxylation is 1. The Labute approximate surface area is 99.6 Å². The summed E-state index contributed by atoms with van der Waals surface area (Å²) in [6, 6.07) is 6.11. The van der Waals surface area contributed by atoms with Crippen LogP contribution in [0.5, 0.6) is 0 Å². The van der Waals surface area contributed by atoms with E-state index in [1.807, 2.05) is 19.1 Å². The van der Waals surface area contributed by atoms with Crippen molar-refractivity contribution in [1.29, 1.82) is 5.26 Å². The maximum absolute atomic E-state index is 9.25. The predicted molar refractivity (Wildman–Crippen MR) is 62.3 cm³/mol. The van der Waals surface area contributed by atoms with Crippen LogP contribution in [0.4, 0.5) is 0 Å². The number of hydrogen-bond acceptors (Lipinski definition) is 1. The van der Waals surface area contributed by atoms with E-state index in [2.05, 4.69) is 6.07 Å². The summed E-state index contributed by atoms with van der Waals surface area (Å²) in [5, 5.41) is 10.3. The second-order valence-corrected chi connectivity index (χ2v) is 4.94. The fourth-order valence-electron chi connectivity index (χ4n) is 2.13. The zero-order valence-electron chi connectivity index (χ0n) is 8.48. The molecular formula is C12H11Cl2N. The van der Waals surface area contributed by atoms with Crippen LogP contribution in [0.15, 0.2) is 12.1 Å². The van der Waals surface area contributed by atoms with Crippen LogP contribution in [0.2, 0.25) is 10.0 Å². The third kappa shape index (κ3) is 1.62. The Kier molecular flexibility index (Phi) is 2.66. The Bertz CT molecular complexity index is 442. The highest BCUT2D eigenvalue weighted by Crippen LogP contribution is 2.45. The van der Waals surface area contributed by atoms with Gasteiger partial charge >= 0.3 is 0 Å². The average molecular weight is 240 g/mol. The Morgan fingerprint density at radius 2 is 1.87 bits per heavy atom. The molecule has 1 fully saturated rings. The van der Waals surface area contributed by atoms with Crippen LogP contribution in [-0.2, 0) is 5.41 Å². The molecule has 1 aromatic rings. The minimum absolute atomic E-state index is 0.307. The smallest absolute Gasteiger partial charge is 0.0825 e. The van der Waals surface area contributed by atoms with E-state index in [0.29, 0.717) is 10.0 Å².